The van der Waals surface area contributed by atoms with Crippen LogP contribution in [-0.2, 0) is 0 Å². The van der Waals surface area contributed by atoms with Crippen LogP contribution in [0, 0.1) is 0 Å². The molecule has 0 saturated carbocycles. The maximum absolute atomic E-state index is 11.0. The van der Waals surface area contributed by atoms with Gasteiger partial charge in [-0.3, -0.25) is 4.79 Å². The first-order valence-corrected chi connectivity index (χ1v) is 3.36. The van der Waals surface area contributed by atoms with Gasteiger partial charge in [-0.05, 0) is 0 Å². The van der Waals surface area contributed by atoms with Crippen LogP contribution in [0.15, 0.2) is 17.1 Å². The van der Waals surface area contributed by atoms with E-state index in [0.29, 0.717) is 12.2 Å². The average Bonchev–Trinajstić information content (AvgIpc) is 2.06. The third-order valence-electron chi connectivity index (χ3n) is 1.58. The summed E-state index contributed by atoms with van der Waals surface area (Å²) in [4.78, 5) is 11.0. The Kier molecular flexibility index (Phi) is 1.25. The summed E-state index contributed by atoms with van der Waals surface area (Å²) in [6.07, 6.45) is 5.46. The summed E-state index contributed by atoms with van der Waals surface area (Å²) in [6.45, 7) is 0.708. The minimum atomic E-state index is -0.160. The predicted molar refractivity (Wildman–Crippen MR) is 42.4 cm³/mol. The van der Waals surface area contributed by atoms with Crippen LogP contribution >= 0.6 is 0 Å². The molecule has 1 aliphatic rings. The Labute approximate surface area is 62.9 Å². The van der Waals surface area contributed by atoms with E-state index in [1.165, 1.54) is 0 Å². The van der Waals surface area contributed by atoms with E-state index in [1.54, 1.807) is 6.20 Å². The van der Waals surface area contributed by atoms with Crippen molar-refractivity contribution in [2.24, 2.45) is 0 Å². The third-order valence-corrected chi connectivity index (χ3v) is 1.58. The Balaban J connectivity index is 2.69. The van der Waals surface area contributed by atoms with Crippen molar-refractivity contribution < 1.29 is 0 Å². The molecular formula is C7H7N3O. The summed E-state index contributed by atoms with van der Waals surface area (Å²) < 4.78 is 0. The first-order chi connectivity index (χ1) is 5.38. The SMILES string of the molecule is O=c1[nH]ncc2c1NCC=C2. The first-order valence-electron chi connectivity index (χ1n) is 3.36. The largest absolute Gasteiger partial charge is 0.377 e. The van der Waals surface area contributed by atoms with Crippen molar-refractivity contribution in [3.05, 3.63) is 28.2 Å². The second kappa shape index (κ2) is 2.23. The number of rotatable bonds is 0. The van der Waals surface area contributed by atoms with Crippen molar-refractivity contribution in [3.63, 3.8) is 0 Å². The summed E-state index contributed by atoms with van der Waals surface area (Å²) in [5.74, 6) is 0. The lowest BCUT2D eigenvalue weighted by molar-refractivity contribution is 0.979. The molecule has 2 N–H and O–H groups in total. The van der Waals surface area contributed by atoms with E-state index < -0.39 is 0 Å². The van der Waals surface area contributed by atoms with E-state index in [1.807, 2.05) is 12.2 Å². The van der Waals surface area contributed by atoms with Crippen LogP contribution in [0.3, 0.4) is 0 Å². The van der Waals surface area contributed by atoms with Gasteiger partial charge in [-0.1, -0.05) is 12.2 Å². The number of anilines is 1. The van der Waals surface area contributed by atoms with Crippen LogP contribution in [0.5, 0.6) is 0 Å². The number of H-pyrrole nitrogens is 1. The Morgan fingerprint density at radius 1 is 1.55 bits per heavy atom. The van der Waals surface area contributed by atoms with Crippen LogP contribution in [0.4, 0.5) is 5.69 Å². The predicted octanol–water partition coefficient (Wildman–Crippen LogP) is 0.209. The summed E-state index contributed by atoms with van der Waals surface area (Å²) >= 11 is 0. The molecule has 0 spiro atoms. The summed E-state index contributed by atoms with van der Waals surface area (Å²) in [6, 6.07) is 0. The second-order valence-electron chi connectivity index (χ2n) is 2.31. The number of nitrogens with one attached hydrogen (secondary N) is 2. The lowest BCUT2D eigenvalue weighted by Crippen LogP contribution is -2.18. The van der Waals surface area contributed by atoms with Gasteiger partial charge in [-0.25, -0.2) is 5.10 Å². The fraction of sp³-hybridized carbons (Fsp3) is 0.143. The number of aromatic amines is 1. The molecule has 0 aliphatic carbocycles. The monoisotopic (exact) mass is 149 g/mol. The molecule has 1 aromatic heterocycles. The fourth-order valence-electron chi connectivity index (χ4n) is 1.07. The zero-order chi connectivity index (χ0) is 7.68. The minimum Gasteiger partial charge on any atom is -0.377 e. The molecule has 0 bridgehead atoms. The van der Waals surface area contributed by atoms with E-state index in [9.17, 15) is 4.79 Å². The van der Waals surface area contributed by atoms with Crippen molar-refractivity contribution in [1.82, 2.24) is 10.2 Å². The van der Waals surface area contributed by atoms with Gasteiger partial charge in [-0.2, -0.15) is 5.10 Å². The summed E-state index contributed by atoms with van der Waals surface area (Å²) in [7, 11) is 0. The second-order valence-corrected chi connectivity index (χ2v) is 2.31. The molecule has 0 radical (unpaired) electrons. The maximum atomic E-state index is 11.0. The van der Waals surface area contributed by atoms with Crippen LogP contribution in [0.1, 0.15) is 5.56 Å². The quantitative estimate of drug-likeness (QED) is 0.554. The van der Waals surface area contributed by atoms with Crippen LogP contribution in [0.2, 0.25) is 0 Å². The topological polar surface area (TPSA) is 57.8 Å². The van der Waals surface area contributed by atoms with Crippen molar-refractivity contribution in [3.8, 4) is 0 Å². The van der Waals surface area contributed by atoms with Gasteiger partial charge in [0.15, 0.2) is 0 Å². The molecule has 0 fully saturated rings. The normalized spacial score (nSPS) is 13.8. The molecular weight excluding hydrogens is 142 g/mol. The lowest BCUT2D eigenvalue weighted by Gasteiger charge is -2.09. The van der Waals surface area contributed by atoms with Gasteiger partial charge in [-0.15, -0.1) is 0 Å². The van der Waals surface area contributed by atoms with Crippen LogP contribution in [0.25, 0.3) is 6.08 Å². The van der Waals surface area contributed by atoms with Gasteiger partial charge in [0.1, 0.15) is 5.69 Å². The van der Waals surface area contributed by atoms with Crippen molar-refractivity contribution in [2.75, 3.05) is 11.9 Å². The molecule has 2 heterocycles. The molecule has 4 heteroatoms. The maximum Gasteiger partial charge on any atom is 0.288 e. The van der Waals surface area contributed by atoms with Crippen molar-refractivity contribution >= 4 is 11.8 Å². The molecule has 0 atom stereocenters. The third kappa shape index (κ3) is 0.920. The van der Waals surface area contributed by atoms with E-state index >= 15 is 0 Å². The number of aromatic nitrogens is 2. The van der Waals surface area contributed by atoms with Crippen molar-refractivity contribution in [2.45, 2.75) is 0 Å². The standard InChI is InChI=1S/C7H7N3O/c11-7-6-5(4-9-10-7)2-1-3-8-6/h1-2,4,8H,3H2,(H,10,11). The molecule has 0 amide bonds. The number of nitrogens with zero attached hydrogens (tertiary/aromatic N) is 1. The number of hydrogen-bond donors (Lipinski definition) is 2. The Bertz CT molecular complexity index is 353. The highest BCUT2D eigenvalue weighted by molar-refractivity contribution is 5.67. The smallest absolute Gasteiger partial charge is 0.288 e. The summed E-state index contributed by atoms with van der Waals surface area (Å²) in [5.41, 5.74) is 1.30. The van der Waals surface area contributed by atoms with Gasteiger partial charge < -0.3 is 5.32 Å². The van der Waals surface area contributed by atoms with Gasteiger partial charge in [0.2, 0.25) is 0 Å². The van der Waals surface area contributed by atoms with E-state index in [-0.39, 0.29) is 5.56 Å². The van der Waals surface area contributed by atoms with Gasteiger partial charge in [0.05, 0.1) is 6.20 Å². The number of hydrogen-bond acceptors (Lipinski definition) is 3. The molecule has 1 aliphatic heterocycles. The van der Waals surface area contributed by atoms with Gasteiger partial charge in [0, 0.05) is 12.1 Å². The van der Waals surface area contributed by atoms with Crippen LogP contribution in [-0.4, -0.2) is 16.7 Å². The molecule has 1 aromatic rings. The highest BCUT2D eigenvalue weighted by atomic mass is 16.1. The fourth-order valence-corrected chi connectivity index (χ4v) is 1.07. The molecule has 4 nitrogen and oxygen atoms in total. The zero-order valence-corrected chi connectivity index (χ0v) is 5.79. The van der Waals surface area contributed by atoms with Gasteiger partial charge in [0.25, 0.3) is 5.56 Å². The highest BCUT2D eigenvalue weighted by Crippen LogP contribution is 2.12. The minimum absolute atomic E-state index is 0.160. The molecule has 0 saturated heterocycles. The highest BCUT2D eigenvalue weighted by Gasteiger charge is 2.06. The summed E-state index contributed by atoms with van der Waals surface area (Å²) in [5, 5.41) is 8.99. The first kappa shape index (κ1) is 6.15. The zero-order valence-electron chi connectivity index (χ0n) is 5.79. The molecule has 0 aromatic carbocycles. The van der Waals surface area contributed by atoms with Crippen LogP contribution < -0.4 is 10.9 Å². The Hall–Kier alpha value is -1.58. The Morgan fingerprint density at radius 3 is 3.27 bits per heavy atom. The molecule has 11 heavy (non-hydrogen) atoms. The van der Waals surface area contributed by atoms with Gasteiger partial charge >= 0.3 is 0 Å². The molecule has 0 unspecified atom stereocenters. The van der Waals surface area contributed by atoms with E-state index in [2.05, 4.69) is 15.5 Å². The molecule has 56 valence electrons. The molecule has 2 rings (SSSR count). The van der Waals surface area contributed by atoms with E-state index in [0.717, 1.165) is 5.56 Å². The van der Waals surface area contributed by atoms with Crippen molar-refractivity contribution in [1.29, 1.82) is 0 Å². The Morgan fingerprint density at radius 2 is 2.45 bits per heavy atom. The lowest BCUT2D eigenvalue weighted by atomic mass is 10.2. The van der Waals surface area contributed by atoms with E-state index in [4.69, 9.17) is 0 Å². The average molecular weight is 149 g/mol. The number of fused-ring (bicyclic) bond motifs is 1.